The van der Waals surface area contributed by atoms with Gasteiger partial charge in [-0.3, -0.25) is 0 Å². The van der Waals surface area contributed by atoms with Gasteiger partial charge in [-0.15, -0.1) is 0 Å². The number of hydrogen-bond acceptors (Lipinski definition) is 4. The number of methoxy groups -OCH3 is 1. The number of hydrogen-bond donors (Lipinski definition) is 1. The lowest BCUT2D eigenvalue weighted by Gasteiger charge is -2.02. The highest BCUT2D eigenvalue weighted by Gasteiger charge is 2.09. The molecule has 1 aromatic carbocycles. The van der Waals surface area contributed by atoms with Crippen molar-refractivity contribution in [3.63, 3.8) is 0 Å². The smallest absolute Gasteiger partial charge is 0.194 e. The average molecular weight is 296 g/mol. The van der Waals surface area contributed by atoms with Crippen LogP contribution >= 0.6 is 0 Å². The van der Waals surface area contributed by atoms with E-state index in [-0.39, 0.29) is 0 Å². The van der Waals surface area contributed by atoms with Gasteiger partial charge in [0.25, 0.3) is 0 Å². The zero-order chi connectivity index (χ0) is 15.1. The molecule has 0 spiro atoms. The molecular formula is C15H18F2N2O2. The van der Waals surface area contributed by atoms with E-state index in [0.29, 0.717) is 30.2 Å². The lowest BCUT2D eigenvalue weighted by Crippen LogP contribution is -2.20. The maximum atomic E-state index is 13.2. The molecule has 1 aromatic heterocycles. The van der Waals surface area contributed by atoms with Gasteiger partial charge >= 0.3 is 0 Å². The Morgan fingerprint density at radius 3 is 2.67 bits per heavy atom. The molecule has 1 heterocycles. The van der Waals surface area contributed by atoms with Gasteiger partial charge in [0.1, 0.15) is 11.6 Å². The number of halogens is 2. The van der Waals surface area contributed by atoms with Crippen molar-refractivity contribution in [2.24, 2.45) is 0 Å². The van der Waals surface area contributed by atoms with Crippen molar-refractivity contribution >= 4 is 0 Å². The van der Waals surface area contributed by atoms with E-state index in [0.717, 1.165) is 25.6 Å². The van der Waals surface area contributed by atoms with Crippen LogP contribution in [0.4, 0.5) is 8.78 Å². The summed E-state index contributed by atoms with van der Waals surface area (Å²) in [6.07, 6.45) is 3.01. The van der Waals surface area contributed by atoms with Crippen LogP contribution in [-0.2, 0) is 11.2 Å². The van der Waals surface area contributed by atoms with Crippen molar-refractivity contribution in [2.75, 3.05) is 26.8 Å². The third-order valence-corrected chi connectivity index (χ3v) is 2.93. The second-order valence-electron chi connectivity index (χ2n) is 4.62. The van der Waals surface area contributed by atoms with Crippen LogP contribution in [0.3, 0.4) is 0 Å². The minimum absolute atomic E-state index is 0.351. The molecule has 0 atom stereocenters. The van der Waals surface area contributed by atoms with Crippen LogP contribution in [0.15, 0.2) is 28.8 Å². The molecule has 6 heteroatoms. The Kier molecular flexibility index (Phi) is 5.83. The van der Waals surface area contributed by atoms with E-state index in [9.17, 15) is 8.78 Å². The standard InChI is InChI=1S/C15H18F2N2O2/c1-20-6-5-18-4-2-3-15-19-10-14(21-15)11-7-12(16)9-13(17)8-11/h7-10,18H,2-6H2,1H3. The van der Waals surface area contributed by atoms with Crippen molar-refractivity contribution in [2.45, 2.75) is 12.8 Å². The Bertz CT molecular complexity index is 552. The number of ether oxygens (including phenoxy) is 1. The minimum atomic E-state index is -0.634. The zero-order valence-electron chi connectivity index (χ0n) is 11.9. The Balaban J connectivity index is 1.86. The maximum Gasteiger partial charge on any atom is 0.194 e. The number of nitrogens with one attached hydrogen (secondary N) is 1. The summed E-state index contributed by atoms with van der Waals surface area (Å²) in [6.45, 7) is 2.31. The molecule has 1 N–H and O–H groups in total. The summed E-state index contributed by atoms with van der Waals surface area (Å²) in [7, 11) is 1.66. The number of aryl methyl sites for hydroxylation is 1. The summed E-state index contributed by atoms with van der Waals surface area (Å²) in [5.41, 5.74) is 0.351. The van der Waals surface area contributed by atoms with E-state index in [1.807, 2.05) is 0 Å². The van der Waals surface area contributed by atoms with Gasteiger partial charge in [-0.1, -0.05) is 0 Å². The van der Waals surface area contributed by atoms with Crippen LogP contribution in [0, 0.1) is 11.6 Å². The highest BCUT2D eigenvalue weighted by Crippen LogP contribution is 2.22. The topological polar surface area (TPSA) is 47.3 Å². The minimum Gasteiger partial charge on any atom is -0.441 e. The number of nitrogens with zero attached hydrogens (tertiary/aromatic N) is 1. The van der Waals surface area contributed by atoms with Crippen LogP contribution in [-0.4, -0.2) is 31.8 Å². The first-order valence-electron chi connectivity index (χ1n) is 6.80. The molecule has 0 bridgehead atoms. The maximum absolute atomic E-state index is 13.2. The number of rotatable bonds is 8. The first-order chi connectivity index (χ1) is 10.2. The van der Waals surface area contributed by atoms with Gasteiger partial charge < -0.3 is 14.5 Å². The van der Waals surface area contributed by atoms with Gasteiger partial charge in [-0.2, -0.15) is 0 Å². The monoisotopic (exact) mass is 296 g/mol. The molecule has 0 saturated carbocycles. The summed E-state index contributed by atoms with van der Waals surface area (Å²) in [5.74, 6) is -0.338. The first kappa shape index (κ1) is 15.6. The quantitative estimate of drug-likeness (QED) is 0.761. The molecule has 0 amide bonds. The molecule has 2 rings (SSSR count). The molecule has 0 unspecified atom stereocenters. The van der Waals surface area contributed by atoms with E-state index >= 15 is 0 Å². The van der Waals surface area contributed by atoms with Gasteiger partial charge in [0, 0.05) is 31.7 Å². The van der Waals surface area contributed by atoms with E-state index in [4.69, 9.17) is 9.15 Å². The molecule has 0 saturated heterocycles. The second kappa shape index (κ2) is 7.85. The van der Waals surface area contributed by atoms with Gasteiger partial charge in [0.2, 0.25) is 0 Å². The van der Waals surface area contributed by atoms with Crippen LogP contribution in [0.5, 0.6) is 0 Å². The molecule has 0 aliphatic carbocycles. The van der Waals surface area contributed by atoms with E-state index in [1.54, 1.807) is 7.11 Å². The average Bonchev–Trinajstić information content (AvgIpc) is 2.90. The van der Waals surface area contributed by atoms with Gasteiger partial charge in [0.05, 0.1) is 12.8 Å². The molecule has 21 heavy (non-hydrogen) atoms. The van der Waals surface area contributed by atoms with Gasteiger partial charge in [-0.05, 0) is 25.1 Å². The Labute approximate surface area is 122 Å². The Hall–Kier alpha value is -1.79. The zero-order valence-corrected chi connectivity index (χ0v) is 11.9. The highest BCUT2D eigenvalue weighted by atomic mass is 19.1. The SMILES string of the molecule is COCCNCCCc1ncc(-c2cc(F)cc(F)c2)o1. The van der Waals surface area contributed by atoms with Crippen LogP contribution < -0.4 is 5.32 Å². The predicted molar refractivity (Wildman–Crippen MR) is 74.9 cm³/mol. The largest absolute Gasteiger partial charge is 0.441 e. The third-order valence-electron chi connectivity index (χ3n) is 2.93. The fourth-order valence-corrected chi connectivity index (χ4v) is 1.92. The molecule has 0 fully saturated rings. The summed E-state index contributed by atoms with van der Waals surface area (Å²) in [6, 6.07) is 3.27. The molecule has 4 nitrogen and oxygen atoms in total. The normalized spacial score (nSPS) is 11.0. The van der Waals surface area contributed by atoms with E-state index in [2.05, 4.69) is 10.3 Å². The number of benzene rings is 1. The lowest BCUT2D eigenvalue weighted by molar-refractivity contribution is 0.199. The number of oxazole rings is 1. The molecule has 0 aliphatic heterocycles. The second-order valence-corrected chi connectivity index (χ2v) is 4.62. The Morgan fingerprint density at radius 1 is 1.19 bits per heavy atom. The fourth-order valence-electron chi connectivity index (χ4n) is 1.92. The van der Waals surface area contributed by atoms with Crippen molar-refractivity contribution < 1.29 is 17.9 Å². The van der Waals surface area contributed by atoms with Crippen LogP contribution in [0.25, 0.3) is 11.3 Å². The lowest BCUT2D eigenvalue weighted by atomic mass is 10.2. The van der Waals surface area contributed by atoms with Crippen LogP contribution in [0.1, 0.15) is 12.3 Å². The van der Waals surface area contributed by atoms with Crippen molar-refractivity contribution in [1.29, 1.82) is 0 Å². The number of aromatic nitrogens is 1. The van der Waals surface area contributed by atoms with Gasteiger partial charge in [0.15, 0.2) is 11.7 Å². The molecule has 0 radical (unpaired) electrons. The summed E-state index contributed by atoms with van der Waals surface area (Å²) < 4.78 is 36.7. The van der Waals surface area contributed by atoms with Crippen molar-refractivity contribution in [1.82, 2.24) is 10.3 Å². The fraction of sp³-hybridized carbons (Fsp3) is 0.400. The molecular weight excluding hydrogens is 278 g/mol. The highest BCUT2D eigenvalue weighted by molar-refractivity contribution is 5.56. The van der Waals surface area contributed by atoms with Crippen molar-refractivity contribution in [3.05, 3.63) is 41.9 Å². The first-order valence-corrected chi connectivity index (χ1v) is 6.80. The van der Waals surface area contributed by atoms with Gasteiger partial charge in [-0.25, -0.2) is 13.8 Å². The van der Waals surface area contributed by atoms with E-state index < -0.39 is 11.6 Å². The third kappa shape index (κ3) is 4.91. The predicted octanol–water partition coefficient (Wildman–Crippen LogP) is 2.79. The van der Waals surface area contributed by atoms with Crippen LogP contribution in [0.2, 0.25) is 0 Å². The summed E-state index contributed by atoms with van der Waals surface area (Å²) >= 11 is 0. The molecule has 0 aliphatic rings. The summed E-state index contributed by atoms with van der Waals surface area (Å²) in [4.78, 5) is 4.12. The van der Waals surface area contributed by atoms with Crippen molar-refractivity contribution in [3.8, 4) is 11.3 Å². The Morgan fingerprint density at radius 2 is 1.95 bits per heavy atom. The summed E-state index contributed by atoms with van der Waals surface area (Å²) in [5, 5.41) is 3.22. The van der Waals surface area contributed by atoms with E-state index in [1.165, 1.54) is 18.3 Å². The molecule has 2 aromatic rings. The molecule has 114 valence electrons.